The smallest absolute Gasteiger partial charge is 0.306 e. The zero-order valence-electron chi connectivity index (χ0n) is 10.7. The third-order valence-corrected chi connectivity index (χ3v) is 3.55. The molecule has 0 bridgehead atoms. The molecule has 1 saturated carbocycles. The number of hydrogen-bond acceptors (Lipinski definition) is 3. The van der Waals surface area contributed by atoms with Gasteiger partial charge < -0.3 is 15.7 Å². The quantitative estimate of drug-likeness (QED) is 0.679. The molecule has 0 spiro atoms. The monoisotopic (exact) mass is 242 g/mol. The molecule has 0 radical (unpaired) electrons. The number of hydrogen-bond donors (Lipinski definition) is 3. The Morgan fingerprint density at radius 1 is 1.29 bits per heavy atom. The van der Waals surface area contributed by atoms with Gasteiger partial charge in [-0.2, -0.15) is 0 Å². The third kappa shape index (κ3) is 3.70. The first-order chi connectivity index (χ1) is 7.86. The molecule has 98 valence electrons. The molecule has 0 heterocycles. The molecule has 2 unspecified atom stereocenters. The Labute approximate surface area is 102 Å². The van der Waals surface area contributed by atoms with E-state index in [9.17, 15) is 9.59 Å². The molecule has 0 aromatic heterocycles. The molecular weight excluding hydrogens is 220 g/mol. The van der Waals surface area contributed by atoms with Crippen molar-refractivity contribution in [3.05, 3.63) is 0 Å². The van der Waals surface area contributed by atoms with Gasteiger partial charge in [0.05, 0.1) is 11.5 Å². The van der Waals surface area contributed by atoms with E-state index in [4.69, 9.17) is 5.11 Å². The van der Waals surface area contributed by atoms with Crippen LogP contribution in [0.25, 0.3) is 0 Å². The number of amides is 1. The van der Waals surface area contributed by atoms with Gasteiger partial charge in [-0.3, -0.25) is 9.59 Å². The molecule has 2 atom stereocenters. The Morgan fingerprint density at radius 3 is 2.47 bits per heavy atom. The lowest BCUT2D eigenvalue weighted by Gasteiger charge is -2.31. The van der Waals surface area contributed by atoms with E-state index < -0.39 is 11.5 Å². The average molecular weight is 242 g/mol. The second kappa shape index (κ2) is 5.49. The van der Waals surface area contributed by atoms with Crippen LogP contribution < -0.4 is 10.6 Å². The molecule has 1 rings (SSSR count). The first kappa shape index (κ1) is 14.0. The van der Waals surface area contributed by atoms with Crippen LogP contribution in [0.4, 0.5) is 0 Å². The van der Waals surface area contributed by atoms with E-state index in [0.717, 1.165) is 19.3 Å². The minimum Gasteiger partial charge on any atom is -0.481 e. The van der Waals surface area contributed by atoms with E-state index in [2.05, 4.69) is 10.6 Å². The summed E-state index contributed by atoms with van der Waals surface area (Å²) in [5.41, 5.74) is -0.615. The van der Waals surface area contributed by atoms with Crippen LogP contribution in [-0.2, 0) is 9.59 Å². The zero-order chi connectivity index (χ0) is 13.1. The van der Waals surface area contributed by atoms with E-state index in [0.29, 0.717) is 6.42 Å². The lowest BCUT2D eigenvalue weighted by Crippen LogP contribution is -2.54. The fraction of sp³-hybridized carbons (Fsp3) is 0.833. The third-order valence-electron chi connectivity index (χ3n) is 3.55. The molecule has 1 amide bonds. The van der Waals surface area contributed by atoms with Crippen LogP contribution in [0.2, 0.25) is 0 Å². The first-order valence-electron chi connectivity index (χ1n) is 6.09. The summed E-state index contributed by atoms with van der Waals surface area (Å²) in [5, 5.41) is 14.8. The van der Waals surface area contributed by atoms with Crippen LogP contribution in [0.1, 0.15) is 39.5 Å². The molecule has 1 aliphatic rings. The molecular formula is C12H22N2O3. The van der Waals surface area contributed by atoms with Crippen molar-refractivity contribution in [2.24, 2.45) is 5.92 Å². The van der Waals surface area contributed by atoms with Gasteiger partial charge in [-0.25, -0.2) is 0 Å². The predicted molar refractivity (Wildman–Crippen MR) is 64.7 cm³/mol. The summed E-state index contributed by atoms with van der Waals surface area (Å²) in [6, 6.07) is -0.00928. The molecule has 3 N–H and O–H groups in total. The van der Waals surface area contributed by atoms with E-state index in [1.54, 1.807) is 20.9 Å². The maximum Gasteiger partial charge on any atom is 0.306 e. The minimum atomic E-state index is -0.753. The maximum absolute atomic E-state index is 11.9. The number of carboxylic acid groups (broad SMARTS) is 1. The largest absolute Gasteiger partial charge is 0.481 e. The number of nitrogens with one attached hydrogen (secondary N) is 2. The highest BCUT2D eigenvalue weighted by molar-refractivity contribution is 5.85. The van der Waals surface area contributed by atoms with Crippen molar-refractivity contribution < 1.29 is 14.7 Å². The topological polar surface area (TPSA) is 78.4 Å². The van der Waals surface area contributed by atoms with E-state index >= 15 is 0 Å². The van der Waals surface area contributed by atoms with Crippen molar-refractivity contribution in [2.75, 3.05) is 7.05 Å². The highest BCUT2D eigenvalue weighted by Crippen LogP contribution is 2.24. The van der Waals surface area contributed by atoms with Gasteiger partial charge in [-0.1, -0.05) is 6.42 Å². The Bertz CT molecular complexity index is 302. The van der Waals surface area contributed by atoms with Crippen molar-refractivity contribution in [1.29, 1.82) is 0 Å². The lowest BCUT2D eigenvalue weighted by atomic mass is 9.85. The van der Waals surface area contributed by atoms with Crippen LogP contribution in [0.3, 0.4) is 0 Å². The van der Waals surface area contributed by atoms with Crippen LogP contribution in [0.15, 0.2) is 0 Å². The number of carbonyl (C=O) groups is 2. The summed E-state index contributed by atoms with van der Waals surface area (Å²) in [7, 11) is 1.74. The Hall–Kier alpha value is -1.10. The van der Waals surface area contributed by atoms with Gasteiger partial charge in [0.15, 0.2) is 0 Å². The SMILES string of the molecule is CNC(C)(C)C(=O)NC1CCCC(C(=O)O)C1. The predicted octanol–water partition coefficient (Wildman–Crippen LogP) is 0.744. The van der Waals surface area contributed by atoms with E-state index in [-0.39, 0.29) is 17.9 Å². The normalized spacial score (nSPS) is 25.4. The molecule has 5 heteroatoms. The van der Waals surface area contributed by atoms with Gasteiger partial charge in [-0.15, -0.1) is 0 Å². The summed E-state index contributed by atoms with van der Waals surface area (Å²) >= 11 is 0. The Kier molecular flexibility index (Phi) is 4.51. The molecule has 1 fully saturated rings. The van der Waals surface area contributed by atoms with Crippen molar-refractivity contribution >= 4 is 11.9 Å². The van der Waals surface area contributed by atoms with Crippen molar-refractivity contribution in [3.8, 4) is 0 Å². The number of likely N-dealkylation sites (N-methyl/N-ethyl adjacent to an activating group) is 1. The van der Waals surface area contributed by atoms with Gasteiger partial charge >= 0.3 is 5.97 Å². The Morgan fingerprint density at radius 2 is 1.94 bits per heavy atom. The highest BCUT2D eigenvalue weighted by Gasteiger charge is 2.31. The van der Waals surface area contributed by atoms with Gasteiger partial charge in [0, 0.05) is 6.04 Å². The van der Waals surface area contributed by atoms with E-state index in [1.807, 2.05) is 0 Å². The second-order valence-corrected chi connectivity index (χ2v) is 5.25. The second-order valence-electron chi connectivity index (χ2n) is 5.25. The van der Waals surface area contributed by atoms with Crippen molar-refractivity contribution in [1.82, 2.24) is 10.6 Å². The van der Waals surface area contributed by atoms with Crippen molar-refractivity contribution in [2.45, 2.75) is 51.1 Å². The van der Waals surface area contributed by atoms with Crippen LogP contribution in [0, 0.1) is 5.92 Å². The molecule has 0 saturated heterocycles. The molecule has 0 aromatic rings. The maximum atomic E-state index is 11.9. The summed E-state index contributed by atoms with van der Waals surface area (Å²) in [6.45, 7) is 3.61. The van der Waals surface area contributed by atoms with Gasteiger partial charge in [0.1, 0.15) is 0 Å². The number of aliphatic carboxylic acids is 1. The van der Waals surface area contributed by atoms with Gasteiger partial charge in [0.2, 0.25) is 5.91 Å². The molecule has 1 aliphatic carbocycles. The summed E-state index contributed by atoms with van der Waals surface area (Å²) < 4.78 is 0. The first-order valence-corrected chi connectivity index (χ1v) is 6.09. The summed E-state index contributed by atoms with van der Waals surface area (Å²) in [4.78, 5) is 22.8. The van der Waals surface area contributed by atoms with Crippen LogP contribution >= 0.6 is 0 Å². The highest BCUT2D eigenvalue weighted by atomic mass is 16.4. The Balaban J connectivity index is 2.52. The standard InChI is InChI=1S/C12H22N2O3/c1-12(2,13-3)11(17)14-9-6-4-5-8(7-9)10(15)16/h8-9,13H,4-7H2,1-3H3,(H,14,17)(H,15,16). The van der Waals surface area contributed by atoms with Gasteiger partial charge in [-0.05, 0) is 40.2 Å². The molecule has 0 aliphatic heterocycles. The fourth-order valence-corrected chi connectivity index (χ4v) is 2.02. The number of carboxylic acids is 1. The van der Waals surface area contributed by atoms with Crippen molar-refractivity contribution in [3.63, 3.8) is 0 Å². The number of carbonyl (C=O) groups excluding carboxylic acids is 1. The minimum absolute atomic E-state index is 0.00928. The number of rotatable bonds is 4. The van der Waals surface area contributed by atoms with Crippen LogP contribution in [0.5, 0.6) is 0 Å². The fourth-order valence-electron chi connectivity index (χ4n) is 2.02. The summed E-state index contributed by atoms with van der Waals surface area (Å²) in [5.74, 6) is -1.14. The molecule has 17 heavy (non-hydrogen) atoms. The lowest BCUT2D eigenvalue weighted by molar-refractivity contribution is -0.143. The van der Waals surface area contributed by atoms with Gasteiger partial charge in [0.25, 0.3) is 0 Å². The average Bonchev–Trinajstić information content (AvgIpc) is 2.29. The molecule has 0 aromatic carbocycles. The van der Waals surface area contributed by atoms with Crippen LogP contribution in [-0.4, -0.2) is 35.6 Å². The zero-order valence-corrected chi connectivity index (χ0v) is 10.7. The van der Waals surface area contributed by atoms with E-state index in [1.165, 1.54) is 0 Å². The summed E-state index contributed by atoms with van der Waals surface area (Å²) in [6.07, 6.45) is 3.00. The molecule has 5 nitrogen and oxygen atoms in total.